The second-order valence-corrected chi connectivity index (χ2v) is 4.39. The third kappa shape index (κ3) is 2.59. The summed E-state index contributed by atoms with van der Waals surface area (Å²) in [4.78, 5) is 24.9. The molecular weight excluding hydrogens is 262 g/mol. The number of aromatic hydroxyl groups is 1. The highest BCUT2D eigenvalue weighted by Crippen LogP contribution is 2.28. The van der Waals surface area contributed by atoms with Gasteiger partial charge in [-0.05, 0) is 24.6 Å². The molecule has 1 aromatic heterocycles. The number of fused-ring (bicyclic) bond motifs is 1. The van der Waals surface area contributed by atoms with Crippen molar-refractivity contribution in [2.75, 3.05) is 6.61 Å². The fourth-order valence-corrected chi connectivity index (χ4v) is 1.87. The number of aromatic nitrogens is 1. The highest BCUT2D eigenvalue weighted by atomic mass is 16.5. The van der Waals surface area contributed by atoms with E-state index in [4.69, 9.17) is 9.84 Å². The van der Waals surface area contributed by atoms with Crippen LogP contribution >= 0.6 is 0 Å². The fraction of sp³-hybridized carbons (Fsp3) is 0.286. The number of aromatic amines is 1. The monoisotopic (exact) mass is 277 g/mol. The Morgan fingerprint density at radius 3 is 2.75 bits per heavy atom. The number of benzene rings is 1. The normalized spacial score (nSPS) is 10.7. The topological polar surface area (TPSA) is 99.6 Å². The summed E-state index contributed by atoms with van der Waals surface area (Å²) in [6.07, 6.45) is 1.88. The quantitative estimate of drug-likeness (QED) is 0.727. The molecule has 0 amide bonds. The zero-order chi connectivity index (χ0) is 14.7. The Bertz CT molecular complexity index is 705. The Morgan fingerprint density at radius 2 is 2.10 bits per heavy atom. The minimum Gasteiger partial charge on any atom is -0.505 e. The molecule has 0 spiro atoms. The van der Waals surface area contributed by atoms with Crippen LogP contribution in [0.25, 0.3) is 10.8 Å². The fourth-order valence-electron chi connectivity index (χ4n) is 1.87. The molecule has 106 valence electrons. The molecule has 0 bridgehead atoms. The number of H-pyrrole nitrogens is 1. The van der Waals surface area contributed by atoms with Gasteiger partial charge < -0.3 is 19.9 Å². The van der Waals surface area contributed by atoms with E-state index in [9.17, 15) is 14.7 Å². The predicted octanol–water partition coefficient (Wildman–Crippen LogP) is 2.11. The first-order chi connectivity index (χ1) is 9.54. The van der Waals surface area contributed by atoms with Gasteiger partial charge in [0.05, 0.1) is 12.0 Å². The van der Waals surface area contributed by atoms with Crippen LogP contribution in [0.1, 0.15) is 30.3 Å². The molecule has 0 aliphatic rings. The van der Waals surface area contributed by atoms with E-state index in [0.717, 1.165) is 12.8 Å². The Labute approximate surface area is 114 Å². The third-order valence-electron chi connectivity index (χ3n) is 2.95. The van der Waals surface area contributed by atoms with Crippen LogP contribution in [-0.2, 0) is 0 Å². The highest BCUT2D eigenvalue weighted by Gasteiger charge is 2.16. The van der Waals surface area contributed by atoms with Crippen LogP contribution in [0.15, 0.2) is 23.0 Å². The maximum absolute atomic E-state index is 11.8. The minimum absolute atomic E-state index is 0.167. The van der Waals surface area contributed by atoms with Crippen LogP contribution in [0.2, 0.25) is 0 Å². The zero-order valence-corrected chi connectivity index (χ0v) is 11.0. The van der Waals surface area contributed by atoms with Gasteiger partial charge in [-0.15, -0.1) is 0 Å². The number of ether oxygens (including phenoxy) is 1. The van der Waals surface area contributed by atoms with E-state index in [0.29, 0.717) is 12.4 Å². The number of hydrogen-bond donors (Lipinski definition) is 3. The third-order valence-corrected chi connectivity index (χ3v) is 2.95. The highest BCUT2D eigenvalue weighted by molar-refractivity contribution is 5.98. The molecule has 1 heterocycles. The van der Waals surface area contributed by atoms with Crippen LogP contribution in [0.4, 0.5) is 0 Å². The van der Waals surface area contributed by atoms with E-state index in [1.165, 1.54) is 12.1 Å². The average molecular weight is 277 g/mol. The summed E-state index contributed by atoms with van der Waals surface area (Å²) in [5.74, 6) is -1.37. The molecule has 0 saturated carbocycles. The number of rotatable bonds is 5. The van der Waals surface area contributed by atoms with Crippen LogP contribution in [-0.4, -0.2) is 27.8 Å². The second kappa shape index (κ2) is 5.64. The molecule has 0 aliphatic heterocycles. The predicted molar refractivity (Wildman–Crippen MR) is 73.6 cm³/mol. The largest absolute Gasteiger partial charge is 0.505 e. The first-order valence-electron chi connectivity index (χ1n) is 6.29. The zero-order valence-electron chi connectivity index (χ0n) is 11.0. The second-order valence-electron chi connectivity index (χ2n) is 4.39. The summed E-state index contributed by atoms with van der Waals surface area (Å²) >= 11 is 0. The maximum atomic E-state index is 11.8. The van der Waals surface area contributed by atoms with Crippen LogP contribution < -0.4 is 10.3 Å². The van der Waals surface area contributed by atoms with E-state index >= 15 is 0 Å². The molecule has 2 aromatic rings. The van der Waals surface area contributed by atoms with Gasteiger partial charge in [0, 0.05) is 5.39 Å². The Morgan fingerprint density at radius 1 is 1.35 bits per heavy atom. The van der Waals surface area contributed by atoms with Crippen molar-refractivity contribution >= 4 is 16.7 Å². The number of carboxylic acids is 1. The van der Waals surface area contributed by atoms with Crippen LogP contribution in [0, 0.1) is 0 Å². The van der Waals surface area contributed by atoms with Gasteiger partial charge in [0.1, 0.15) is 5.75 Å². The number of aromatic carboxylic acids is 1. The van der Waals surface area contributed by atoms with Gasteiger partial charge in [-0.1, -0.05) is 13.3 Å². The number of pyridine rings is 1. The average Bonchev–Trinajstić information content (AvgIpc) is 2.42. The van der Waals surface area contributed by atoms with Crippen molar-refractivity contribution < 1.29 is 19.7 Å². The van der Waals surface area contributed by atoms with Gasteiger partial charge in [0.2, 0.25) is 0 Å². The van der Waals surface area contributed by atoms with Crippen LogP contribution in [0.5, 0.6) is 11.5 Å². The molecule has 0 radical (unpaired) electrons. The van der Waals surface area contributed by atoms with Crippen molar-refractivity contribution in [1.82, 2.24) is 4.98 Å². The van der Waals surface area contributed by atoms with Gasteiger partial charge >= 0.3 is 5.97 Å². The lowest BCUT2D eigenvalue weighted by Crippen LogP contribution is -2.13. The number of unbranched alkanes of at least 4 members (excludes halogenated alkanes) is 1. The molecule has 0 aliphatic carbocycles. The molecule has 3 N–H and O–H groups in total. The number of carboxylic acid groups (broad SMARTS) is 1. The summed E-state index contributed by atoms with van der Waals surface area (Å²) in [5.41, 5.74) is -1.08. The number of carbonyl (C=O) groups is 1. The SMILES string of the molecule is CCCCOc1ccc2c(=O)[nH]c(C(=O)O)c(O)c2c1. The summed E-state index contributed by atoms with van der Waals surface area (Å²) in [6.45, 7) is 2.56. The van der Waals surface area contributed by atoms with Gasteiger partial charge in [0.25, 0.3) is 5.56 Å². The van der Waals surface area contributed by atoms with Crippen molar-refractivity contribution in [2.45, 2.75) is 19.8 Å². The van der Waals surface area contributed by atoms with Crippen molar-refractivity contribution in [1.29, 1.82) is 0 Å². The molecule has 6 heteroatoms. The first-order valence-corrected chi connectivity index (χ1v) is 6.29. The Hall–Kier alpha value is -2.50. The molecule has 2 rings (SSSR count). The van der Waals surface area contributed by atoms with Crippen LogP contribution in [0.3, 0.4) is 0 Å². The smallest absolute Gasteiger partial charge is 0.356 e. The molecule has 0 unspecified atom stereocenters. The lowest BCUT2D eigenvalue weighted by molar-refractivity contribution is 0.0687. The van der Waals surface area contributed by atoms with Gasteiger partial charge in [0.15, 0.2) is 11.4 Å². The number of hydrogen-bond acceptors (Lipinski definition) is 4. The molecule has 0 fully saturated rings. The van der Waals surface area contributed by atoms with E-state index in [1.54, 1.807) is 6.07 Å². The summed E-state index contributed by atoms with van der Waals surface area (Å²) < 4.78 is 5.48. The van der Waals surface area contributed by atoms with Gasteiger partial charge in [-0.25, -0.2) is 4.79 Å². The summed E-state index contributed by atoms with van der Waals surface area (Å²) in [6, 6.07) is 4.59. The minimum atomic E-state index is -1.39. The van der Waals surface area contributed by atoms with Crippen molar-refractivity contribution in [2.24, 2.45) is 0 Å². The molecule has 6 nitrogen and oxygen atoms in total. The number of nitrogens with one attached hydrogen (secondary N) is 1. The molecule has 0 saturated heterocycles. The van der Waals surface area contributed by atoms with E-state index < -0.39 is 23.0 Å². The Kier molecular flexibility index (Phi) is 3.93. The first kappa shape index (κ1) is 13.9. The van der Waals surface area contributed by atoms with Gasteiger partial charge in [-0.3, -0.25) is 4.79 Å². The van der Waals surface area contributed by atoms with E-state index in [-0.39, 0.29) is 10.8 Å². The van der Waals surface area contributed by atoms with E-state index in [1.807, 2.05) is 6.92 Å². The van der Waals surface area contributed by atoms with Crippen molar-refractivity contribution in [3.05, 3.63) is 34.2 Å². The lowest BCUT2D eigenvalue weighted by atomic mass is 10.1. The van der Waals surface area contributed by atoms with E-state index in [2.05, 4.69) is 4.98 Å². The molecule has 20 heavy (non-hydrogen) atoms. The van der Waals surface area contributed by atoms with Crippen molar-refractivity contribution in [3.8, 4) is 11.5 Å². The summed E-state index contributed by atoms with van der Waals surface area (Å²) in [7, 11) is 0. The lowest BCUT2D eigenvalue weighted by Gasteiger charge is -2.08. The molecular formula is C14H15NO5. The van der Waals surface area contributed by atoms with Gasteiger partial charge in [-0.2, -0.15) is 0 Å². The summed E-state index contributed by atoms with van der Waals surface area (Å²) in [5, 5.41) is 19.2. The van der Waals surface area contributed by atoms with Crippen molar-refractivity contribution in [3.63, 3.8) is 0 Å². The Balaban J connectivity index is 2.52. The molecule has 1 aromatic carbocycles. The molecule has 0 atom stereocenters. The standard InChI is InChI=1S/C14H15NO5/c1-2-3-6-20-8-4-5-9-10(7-8)12(16)11(14(18)19)15-13(9)17/h4-5,7,16H,2-3,6H2,1H3,(H,15,17)(H,18,19). The maximum Gasteiger partial charge on any atom is 0.356 e.